The highest BCUT2D eigenvalue weighted by atomic mass is 16.3. The lowest BCUT2D eigenvalue weighted by Crippen LogP contribution is -2.38. The molecule has 0 radical (unpaired) electrons. The van der Waals surface area contributed by atoms with E-state index in [4.69, 9.17) is 0 Å². The van der Waals surface area contributed by atoms with Crippen molar-refractivity contribution in [2.75, 3.05) is 23.8 Å². The number of nitrogens with zero attached hydrogens (tertiary/aromatic N) is 1. The molecule has 20 heavy (non-hydrogen) atoms. The fourth-order valence-electron chi connectivity index (χ4n) is 2.15. The Hall–Kier alpha value is -2.08. The van der Waals surface area contributed by atoms with Crippen LogP contribution >= 0.6 is 0 Å². The predicted molar refractivity (Wildman–Crippen MR) is 76.6 cm³/mol. The van der Waals surface area contributed by atoms with Crippen molar-refractivity contribution in [3.05, 3.63) is 23.8 Å². The minimum Gasteiger partial charge on any atom is -0.378 e. The lowest BCUT2D eigenvalue weighted by Gasteiger charge is -2.20. The van der Waals surface area contributed by atoms with Gasteiger partial charge in [-0.2, -0.15) is 0 Å². The number of carbonyl (C=O) groups excluding carboxylic acids is 2. The first-order chi connectivity index (χ1) is 9.38. The molecule has 108 valence electrons. The Bertz CT molecular complexity index is 542. The summed E-state index contributed by atoms with van der Waals surface area (Å²) in [5, 5.41) is 15.1. The Balaban J connectivity index is 2.09. The van der Waals surface area contributed by atoms with E-state index in [2.05, 4.69) is 10.6 Å². The number of fused-ring (bicyclic) bond motifs is 1. The fraction of sp³-hybridized carbons (Fsp3) is 0.429. The molecule has 6 nitrogen and oxygen atoms in total. The summed E-state index contributed by atoms with van der Waals surface area (Å²) in [5.41, 5.74) is 1.96. The molecular weight excluding hydrogens is 258 g/mol. The van der Waals surface area contributed by atoms with Gasteiger partial charge in [-0.25, -0.2) is 0 Å². The van der Waals surface area contributed by atoms with Crippen LogP contribution in [0.5, 0.6) is 0 Å². The summed E-state index contributed by atoms with van der Waals surface area (Å²) >= 11 is 0. The molecule has 1 aliphatic heterocycles. The molecule has 2 rings (SSSR count). The van der Waals surface area contributed by atoms with Crippen molar-refractivity contribution in [1.29, 1.82) is 0 Å². The molecule has 0 aromatic heterocycles. The minimum atomic E-state index is -1.10. The molecular formula is C14H19N3O3. The molecule has 2 amide bonds. The van der Waals surface area contributed by atoms with Gasteiger partial charge in [0.1, 0.15) is 0 Å². The molecule has 0 saturated heterocycles. The van der Waals surface area contributed by atoms with Gasteiger partial charge in [-0.3, -0.25) is 9.59 Å². The van der Waals surface area contributed by atoms with Gasteiger partial charge in [-0.1, -0.05) is 6.07 Å². The maximum atomic E-state index is 11.7. The van der Waals surface area contributed by atoms with E-state index in [0.717, 1.165) is 5.69 Å². The van der Waals surface area contributed by atoms with Gasteiger partial charge in [0.25, 0.3) is 5.91 Å². The van der Waals surface area contributed by atoms with Crippen LogP contribution in [0.1, 0.15) is 25.5 Å². The molecule has 1 aromatic rings. The Morgan fingerprint density at radius 2 is 2.20 bits per heavy atom. The molecule has 3 N–H and O–H groups in total. The number of rotatable bonds is 4. The summed E-state index contributed by atoms with van der Waals surface area (Å²) in [4.78, 5) is 24.9. The molecule has 0 fully saturated rings. The highest BCUT2D eigenvalue weighted by molar-refractivity contribution is 6.02. The smallest absolute Gasteiger partial charge is 0.257 e. The molecule has 6 heteroatoms. The summed E-state index contributed by atoms with van der Waals surface area (Å²) in [6.07, 6.45) is -1.10. The third-order valence-electron chi connectivity index (χ3n) is 3.11. The number of nitrogens with one attached hydrogen (secondary N) is 2. The van der Waals surface area contributed by atoms with E-state index in [0.29, 0.717) is 11.3 Å². The average Bonchev–Trinajstić information content (AvgIpc) is 2.63. The van der Waals surface area contributed by atoms with Crippen molar-refractivity contribution >= 4 is 23.2 Å². The number of aliphatic hydroxyl groups excluding tert-OH is 1. The normalized spacial score (nSPS) is 16.9. The topological polar surface area (TPSA) is 81.7 Å². The molecule has 0 spiro atoms. The molecule has 0 saturated carbocycles. The molecule has 1 heterocycles. The largest absolute Gasteiger partial charge is 0.378 e. The van der Waals surface area contributed by atoms with Crippen LogP contribution in [0.4, 0.5) is 11.4 Å². The molecule has 1 aliphatic rings. The van der Waals surface area contributed by atoms with Crippen LogP contribution < -0.4 is 15.5 Å². The number of carbonyl (C=O) groups is 2. The van der Waals surface area contributed by atoms with Crippen molar-refractivity contribution in [3.63, 3.8) is 0 Å². The van der Waals surface area contributed by atoms with Crippen LogP contribution in [-0.2, 0) is 9.59 Å². The lowest BCUT2D eigenvalue weighted by molar-refractivity contribution is -0.123. The van der Waals surface area contributed by atoms with Crippen molar-refractivity contribution in [2.45, 2.75) is 26.0 Å². The first kappa shape index (κ1) is 14.3. The maximum Gasteiger partial charge on any atom is 0.257 e. The first-order valence-corrected chi connectivity index (χ1v) is 6.52. The zero-order chi connectivity index (χ0) is 14.9. The fourth-order valence-corrected chi connectivity index (χ4v) is 2.15. The van der Waals surface area contributed by atoms with Crippen LogP contribution in [0.15, 0.2) is 18.2 Å². The van der Waals surface area contributed by atoms with E-state index in [9.17, 15) is 14.7 Å². The Morgan fingerprint density at radius 1 is 1.50 bits per heavy atom. The third kappa shape index (κ3) is 2.91. The second kappa shape index (κ2) is 5.50. The van der Waals surface area contributed by atoms with E-state index in [1.54, 1.807) is 30.1 Å². The van der Waals surface area contributed by atoms with E-state index in [1.807, 2.05) is 13.8 Å². The summed E-state index contributed by atoms with van der Waals surface area (Å²) in [7, 11) is 1.80. The standard InChI is InChI=1S/C14H19N3O3/c1-8(2)15-12(18)7-17(3)9-4-5-10-11(6-9)16-14(20)13(10)19/h4-6,8,13,19H,7H2,1-3H3,(H,15,18)(H,16,20). The summed E-state index contributed by atoms with van der Waals surface area (Å²) in [5.74, 6) is -0.482. The third-order valence-corrected chi connectivity index (χ3v) is 3.11. The zero-order valence-corrected chi connectivity index (χ0v) is 11.8. The van der Waals surface area contributed by atoms with Gasteiger partial charge in [0.15, 0.2) is 6.10 Å². The van der Waals surface area contributed by atoms with Crippen LogP contribution in [0, 0.1) is 0 Å². The molecule has 1 atom stereocenters. The quantitative estimate of drug-likeness (QED) is 0.754. The first-order valence-electron chi connectivity index (χ1n) is 6.52. The number of benzene rings is 1. The molecule has 1 aromatic carbocycles. The number of hydrogen-bond donors (Lipinski definition) is 3. The van der Waals surface area contributed by atoms with Gasteiger partial charge in [0.2, 0.25) is 5.91 Å². The molecule has 1 unspecified atom stereocenters. The van der Waals surface area contributed by atoms with Crippen molar-refractivity contribution < 1.29 is 14.7 Å². The van der Waals surface area contributed by atoms with E-state index < -0.39 is 12.0 Å². The van der Waals surface area contributed by atoms with E-state index >= 15 is 0 Å². The van der Waals surface area contributed by atoms with Crippen LogP contribution in [0.25, 0.3) is 0 Å². The zero-order valence-electron chi connectivity index (χ0n) is 11.8. The minimum absolute atomic E-state index is 0.0629. The van der Waals surface area contributed by atoms with Gasteiger partial charge in [-0.05, 0) is 26.0 Å². The number of likely N-dealkylation sites (N-methyl/N-ethyl adjacent to an activating group) is 1. The lowest BCUT2D eigenvalue weighted by atomic mass is 10.1. The Labute approximate surface area is 117 Å². The Morgan fingerprint density at radius 3 is 2.85 bits per heavy atom. The van der Waals surface area contributed by atoms with Crippen molar-refractivity contribution in [1.82, 2.24) is 5.32 Å². The number of hydrogen-bond acceptors (Lipinski definition) is 4. The van der Waals surface area contributed by atoms with Gasteiger partial charge in [-0.15, -0.1) is 0 Å². The summed E-state index contributed by atoms with van der Waals surface area (Å²) < 4.78 is 0. The Kier molecular flexibility index (Phi) is 3.94. The second-order valence-corrected chi connectivity index (χ2v) is 5.24. The maximum absolute atomic E-state index is 11.7. The number of anilines is 2. The van der Waals surface area contributed by atoms with Crippen LogP contribution in [0.3, 0.4) is 0 Å². The average molecular weight is 277 g/mol. The van der Waals surface area contributed by atoms with Crippen molar-refractivity contribution in [3.8, 4) is 0 Å². The second-order valence-electron chi connectivity index (χ2n) is 5.24. The van der Waals surface area contributed by atoms with Crippen LogP contribution in [0.2, 0.25) is 0 Å². The summed E-state index contributed by atoms with van der Waals surface area (Å²) in [6.45, 7) is 4.04. The SMILES string of the molecule is CC(C)NC(=O)CN(C)c1ccc2c(c1)NC(=O)C2O. The highest BCUT2D eigenvalue weighted by Gasteiger charge is 2.28. The van der Waals surface area contributed by atoms with Gasteiger partial charge >= 0.3 is 0 Å². The molecule has 0 aliphatic carbocycles. The van der Waals surface area contributed by atoms with Gasteiger partial charge in [0, 0.05) is 30.0 Å². The highest BCUT2D eigenvalue weighted by Crippen LogP contribution is 2.33. The van der Waals surface area contributed by atoms with Crippen LogP contribution in [-0.4, -0.2) is 36.6 Å². The molecule has 0 bridgehead atoms. The van der Waals surface area contributed by atoms with Gasteiger partial charge in [0.05, 0.1) is 6.54 Å². The van der Waals surface area contributed by atoms with E-state index in [1.165, 1.54) is 0 Å². The van der Waals surface area contributed by atoms with E-state index in [-0.39, 0.29) is 18.5 Å². The predicted octanol–water partition coefficient (Wildman–Crippen LogP) is 0.633. The summed E-state index contributed by atoms with van der Waals surface area (Å²) in [6, 6.07) is 5.34. The number of amides is 2. The number of aliphatic hydroxyl groups is 1. The van der Waals surface area contributed by atoms with Crippen molar-refractivity contribution in [2.24, 2.45) is 0 Å². The van der Waals surface area contributed by atoms with Gasteiger partial charge < -0.3 is 20.6 Å². The monoisotopic (exact) mass is 277 g/mol.